The molecule has 0 radical (unpaired) electrons. The molecule has 0 unspecified atom stereocenters. The van der Waals surface area contributed by atoms with Gasteiger partial charge in [-0.25, -0.2) is 12.8 Å². The lowest BCUT2D eigenvalue weighted by atomic mass is 9.80. The maximum Gasteiger partial charge on any atom is 0.155 e. The van der Waals surface area contributed by atoms with Crippen LogP contribution in [0.15, 0.2) is 36.5 Å². The van der Waals surface area contributed by atoms with Gasteiger partial charge < -0.3 is 0 Å². The molecule has 0 N–H and O–H groups in total. The monoisotopic (exact) mass is 461 g/mol. The molecule has 5 heteroatoms. The second-order valence-electron chi connectivity index (χ2n) is 10.3. The van der Waals surface area contributed by atoms with Gasteiger partial charge >= 0.3 is 0 Å². The molecule has 1 aliphatic rings. The topological polar surface area (TPSA) is 47.0 Å². The predicted octanol–water partition coefficient (Wildman–Crippen LogP) is 7.32. The van der Waals surface area contributed by atoms with E-state index >= 15 is 0 Å². The van der Waals surface area contributed by atoms with Crippen molar-refractivity contribution in [1.82, 2.24) is 4.37 Å². The smallest absolute Gasteiger partial charge is 0.155 e. The SMILES string of the molecule is CC(C)(C)S(=O)(=O)CC1CCC(CCCCCCc2cccc(-c3ccns3)c2)CC1. The summed E-state index contributed by atoms with van der Waals surface area (Å²) >= 11 is 1.56. The standard InChI is InChI=1S/C26H39NO2S2/c1-26(2,3)31(28,29)20-23-15-13-21(14-16-23)9-6-4-5-7-10-22-11-8-12-24(19-22)25-17-18-27-30-25/h8,11-12,17-19,21,23H,4-7,9-10,13-16,20H2,1-3H3. The van der Waals surface area contributed by atoms with Crippen molar-refractivity contribution in [2.75, 3.05) is 5.75 Å². The van der Waals surface area contributed by atoms with E-state index in [0.717, 1.165) is 25.2 Å². The van der Waals surface area contributed by atoms with Crippen molar-refractivity contribution < 1.29 is 8.42 Å². The van der Waals surface area contributed by atoms with E-state index < -0.39 is 14.6 Å². The Bertz CT molecular complexity index is 890. The molecule has 0 atom stereocenters. The normalized spacial score (nSPS) is 20.1. The number of hydrogen-bond donors (Lipinski definition) is 0. The van der Waals surface area contributed by atoms with Crippen LogP contribution in [0, 0.1) is 11.8 Å². The molecule has 3 rings (SSSR count). The summed E-state index contributed by atoms with van der Waals surface area (Å²) in [7, 11) is -2.98. The summed E-state index contributed by atoms with van der Waals surface area (Å²) < 4.78 is 28.5. The third-order valence-electron chi connectivity index (χ3n) is 6.83. The highest BCUT2D eigenvalue weighted by Crippen LogP contribution is 2.34. The summed E-state index contributed by atoms with van der Waals surface area (Å²) in [5, 5.41) is 0. The third kappa shape index (κ3) is 7.42. The van der Waals surface area contributed by atoms with Crippen molar-refractivity contribution in [1.29, 1.82) is 0 Å². The van der Waals surface area contributed by atoms with Gasteiger partial charge in [-0.05, 0) is 87.0 Å². The number of hydrogen-bond acceptors (Lipinski definition) is 4. The Kier molecular flexibility index (Phi) is 8.74. The number of sulfone groups is 1. The van der Waals surface area contributed by atoms with E-state index in [4.69, 9.17) is 0 Å². The molecule has 1 aromatic heterocycles. The minimum Gasteiger partial charge on any atom is -0.228 e. The first-order valence-corrected chi connectivity index (χ1v) is 14.4. The number of rotatable bonds is 10. The van der Waals surface area contributed by atoms with Crippen molar-refractivity contribution in [2.24, 2.45) is 11.8 Å². The maximum atomic E-state index is 12.5. The molecular formula is C26H39NO2S2. The van der Waals surface area contributed by atoms with Crippen LogP contribution in [0.25, 0.3) is 10.4 Å². The minimum absolute atomic E-state index is 0.376. The second kappa shape index (κ2) is 11.1. The largest absolute Gasteiger partial charge is 0.228 e. The molecule has 1 aromatic carbocycles. The summed E-state index contributed by atoms with van der Waals surface area (Å²) in [5.41, 5.74) is 2.71. The molecule has 3 nitrogen and oxygen atoms in total. The predicted molar refractivity (Wildman–Crippen MR) is 133 cm³/mol. The molecule has 1 aliphatic carbocycles. The molecule has 0 amide bonds. The third-order valence-corrected chi connectivity index (χ3v) is 10.4. The molecule has 1 fully saturated rings. The van der Waals surface area contributed by atoms with Gasteiger partial charge in [-0.2, -0.15) is 0 Å². The summed E-state index contributed by atoms with van der Waals surface area (Å²) in [6.45, 7) is 5.48. The van der Waals surface area contributed by atoms with Crippen molar-refractivity contribution in [3.05, 3.63) is 42.1 Å². The highest BCUT2D eigenvalue weighted by molar-refractivity contribution is 7.92. The highest BCUT2D eigenvalue weighted by atomic mass is 32.2. The Balaban J connectivity index is 1.28. The Labute approximate surface area is 193 Å². The zero-order valence-corrected chi connectivity index (χ0v) is 21.1. The van der Waals surface area contributed by atoms with Gasteiger partial charge in [0.25, 0.3) is 0 Å². The van der Waals surface area contributed by atoms with Gasteiger partial charge in [-0.3, -0.25) is 0 Å². The van der Waals surface area contributed by atoms with E-state index in [0.29, 0.717) is 11.7 Å². The molecule has 0 bridgehead atoms. The van der Waals surface area contributed by atoms with Crippen LogP contribution in [0.1, 0.15) is 84.1 Å². The first-order valence-electron chi connectivity index (χ1n) is 12.0. The average molecular weight is 462 g/mol. The second-order valence-corrected chi connectivity index (χ2v) is 13.9. The van der Waals surface area contributed by atoms with Gasteiger partial charge in [0.15, 0.2) is 9.84 Å². The number of unbranched alkanes of at least 4 members (excludes halogenated alkanes) is 3. The summed E-state index contributed by atoms with van der Waals surface area (Å²) in [4.78, 5) is 1.24. The Morgan fingerprint density at radius 1 is 0.968 bits per heavy atom. The quantitative estimate of drug-likeness (QED) is 0.348. The molecule has 0 spiro atoms. The molecule has 1 heterocycles. The van der Waals surface area contributed by atoms with Gasteiger partial charge in [0, 0.05) is 6.20 Å². The average Bonchev–Trinajstić information content (AvgIpc) is 3.26. The lowest BCUT2D eigenvalue weighted by Gasteiger charge is -2.30. The van der Waals surface area contributed by atoms with Crippen molar-refractivity contribution in [3.63, 3.8) is 0 Å². The molecular weight excluding hydrogens is 422 g/mol. The number of aryl methyl sites for hydroxylation is 1. The maximum absolute atomic E-state index is 12.5. The lowest BCUT2D eigenvalue weighted by Crippen LogP contribution is -2.34. The van der Waals surface area contributed by atoms with Gasteiger partial charge in [-0.15, -0.1) is 0 Å². The van der Waals surface area contributed by atoms with Gasteiger partial charge in [0.05, 0.1) is 15.4 Å². The van der Waals surface area contributed by atoms with Crippen LogP contribution in [-0.2, 0) is 16.3 Å². The summed E-state index contributed by atoms with van der Waals surface area (Å²) in [6.07, 6.45) is 14.1. The van der Waals surface area contributed by atoms with E-state index in [1.165, 1.54) is 60.9 Å². The van der Waals surface area contributed by atoms with Crippen molar-refractivity contribution in [3.8, 4) is 10.4 Å². The highest BCUT2D eigenvalue weighted by Gasteiger charge is 2.33. The fourth-order valence-electron chi connectivity index (χ4n) is 4.61. The Morgan fingerprint density at radius 2 is 1.68 bits per heavy atom. The van der Waals surface area contributed by atoms with Crippen LogP contribution in [0.2, 0.25) is 0 Å². The van der Waals surface area contributed by atoms with E-state index in [1.54, 1.807) is 11.5 Å². The van der Waals surface area contributed by atoms with Crippen molar-refractivity contribution >= 4 is 21.4 Å². The fourth-order valence-corrected chi connectivity index (χ4v) is 6.65. The summed E-state index contributed by atoms with van der Waals surface area (Å²) in [5.74, 6) is 1.57. The molecule has 1 saturated carbocycles. The molecule has 2 aromatic rings. The van der Waals surface area contributed by atoms with E-state index in [9.17, 15) is 8.42 Å². The molecule has 0 saturated heterocycles. The van der Waals surface area contributed by atoms with E-state index in [-0.39, 0.29) is 0 Å². The van der Waals surface area contributed by atoms with Crippen LogP contribution in [0.4, 0.5) is 0 Å². The van der Waals surface area contributed by atoms with Crippen LogP contribution >= 0.6 is 11.5 Å². The summed E-state index contributed by atoms with van der Waals surface area (Å²) in [6, 6.07) is 11.0. The van der Waals surface area contributed by atoms with Crippen LogP contribution in [-0.4, -0.2) is 23.3 Å². The Hall–Kier alpha value is -1.20. The number of aromatic nitrogens is 1. The number of nitrogens with zero attached hydrogens (tertiary/aromatic N) is 1. The van der Waals surface area contributed by atoms with Crippen LogP contribution < -0.4 is 0 Å². The Morgan fingerprint density at radius 3 is 2.35 bits per heavy atom. The molecule has 0 aliphatic heterocycles. The molecule has 172 valence electrons. The van der Waals surface area contributed by atoms with Gasteiger partial charge in [0.1, 0.15) is 0 Å². The zero-order valence-electron chi connectivity index (χ0n) is 19.5. The van der Waals surface area contributed by atoms with E-state index in [1.807, 2.05) is 27.0 Å². The number of benzene rings is 1. The lowest BCUT2D eigenvalue weighted by molar-refractivity contribution is 0.272. The minimum atomic E-state index is -2.98. The van der Waals surface area contributed by atoms with Crippen LogP contribution in [0.3, 0.4) is 0 Å². The van der Waals surface area contributed by atoms with Crippen molar-refractivity contribution in [2.45, 2.75) is 89.7 Å². The first kappa shape index (κ1) is 24.4. The van der Waals surface area contributed by atoms with E-state index in [2.05, 4.69) is 34.7 Å². The van der Waals surface area contributed by atoms with Gasteiger partial charge in [0.2, 0.25) is 0 Å². The fraction of sp³-hybridized carbons (Fsp3) is 0.654. The first-order chi connectivity index (χ1) is 14.7. The van der Waals surface area contributed by atoms with Gasteiger partial charge in [-0.1, -0.05) is 62.8 Å². The zero-order chi connectivity index (χ0) is 22.3. The molecule has 31 heavy (non-hydrogen) atoms. The van der Waals surface area contributed by atoms with Crippen LogP contribution in [0.5, 0.6) is 0 Å².